The van der Waals surface area contributed by atoms with Gasteiger partial charge in [0.25, 0.3) is 0 Å². The molecule has 0 aliphatic carbocycles. The second-order valence-electron chi connectivity index (χ2n) is 4.97. The Balaban J connectivity index is 1.84. The molecule has 0 atom stereocenters. The van der Waals surface area contributed by atoms with Crippen LogP contribution in [0.15, 0.2) is 48.5 Å². The van der Waals surface area contributed by atoms with Gasteiger partial charge in [0.2, 0.25) is 5.91 Å². The molecule has 0 aliphatic heterocycles. The number of nitrogens with one attached hydrogen (secondary N) is 1. The zero-order valence-corrected chi connectivity index (χ0v) is 11.8. The first-order valence-corrected chi connectivity index (χ1v) is 6.61. The smallest absolute Gasteiger partial charge is 0.238 e. The number of amides is 1. The van der Waals surface area contributed by atoms with Crippen molar-refractivity contribution in [3.8, 4) is 0 Å². The predicted octanol–water partition coefficient (Wildman–Crippen LogP) is 2.48. The Labute approximate surface area is 123 Å². The van der Waals surface area contributed by atoms with Crippen LogP contribution in [0.4, 0.5) is 15.8 Å². The van der Waals surface area contributed by atoms with Crippen molar-refractivity contribution in [3.05, 3.63) is 59.9 Å². The number of rotatable bonds is 5. The van der Waals surface area contributed by atoms with E-state index in [1.54, 1.807) is 36.4 Å². The van der Waals surface area contributed by atoms with Gasteiger partial charge in [0.15, 0.2) is 0 Å². The van der Waals surface area contributed by atoms with Crippen LogP contribution in [0.5, 0.6) is 0 Å². The molecule has 4 nitrogen and oxygen atoms in total. The van der Waals surface area contributed by atoms with Crippen LogP contribution in [-0.2, 0) is 11.3 Å². The summed E-state index contributed by atoms with van der Waals surface area (Å²) in [4.78, 5) is 13.8. The van der Waals surface area contributed by atoms with Gasteiger partial charge in [-0.3, -0.25) is 9.69 Å². The van der Waals surface area contributed by atoms with Gasteiger partial charge in [-0.25, -0.2) is 4.39 Å². The van der Waals surface area contributed by atoms with Crippen molar-refractivity contribution in [1.82, 2.24) is 4.90 Å². The SMILES string of the molecule is CN(CC(=O)Nc1ccc(N)cc1)Cc1ccc(F)cc1. The average Bonchev–Trinajstić information content (AvgIpc) is 2.44. The molecule has 0 aliphatic rings. The number of nitrogen functional groups attached to an aromatic ring is 1. The van der Waals surface area contributed by atoms with E-state index in [0.717, 1.165) is 5.56 Å². The van der Waals surface area contributed by atoms with Crippen LogP contribution in [0.25, 0.3) is 0 Å². The van der Waals surface area contributed by atoms with Crippen LogP contribution in [0, 0.1) is 5.82 Å². The molecule has 0 fully saturated rings. The first-order valence-electron chi connectivity index (χ1n) is 6.61. The summed E-state index contributed by atoms with van der Waals surface area (Å²) in [5.41, 5.74) is 7.91. The van der Waals surface area contributed by atoms with Gasteiger partial charge in [-0.05, 0) is 49.0 Å². The number of nitrogens with zero attached hydrogens (tertiary/aromatic N) is 1. The molecular formula is C16H18FN3O. The summed E-state index contributed by atoms with van der Waals surface area (Å²) < 4.78 is 12.8. The lowest BCUT2D eigenvalue weighted by atomic mass is 10.2. The lowest BCUT2D eigenvalue weighted by Crippen LogP contribution is -2.29. The van der Waals surface area contributed by atoms with Gasteiger partial charge < -0.3 is 11.1 Å². The predicted molar refractivity (Wildman–Crippen MR) is 82.2 cm³/mol. The molecule has 0 radical (unpaired) electrons. The van der Waals surface area contributed by atoms with E-state index in [1.807, 2.05) is 11.9 Å². The molecule has 0 bridgehead atoms. The largest absolute Gasteiger partial charge is 0.399 e. The van der Waals surface area contributed by atoms with Gasteiger partial charge in [-0.15, -0.1) is 0 Å². The molecule has 0 spiro atoms. The molecule has 2 aromatic rings. The lowest BCUT2D eigenvalue weighted by Gasteiger charge is -2.16. The number of hydrogen-bond donors (Lipinski definition) is 2. The molecule has 110 valence electrons. The normalized spacial score (nSPS) is 10.6. The highest BCUT2D eigenvalue weighted by atomic mass is 19.1. The van der Waals surface area contributed by atoms with Crippen molar-refractivity contribution in [2.24, 2.45) is 0 Å². The highest BCUT2D eigenvalue weighted by Crippen LogP contribution is 2.10. The summed E-state index contributed by atoms with van der Waals surface area (Å²) in [6, 6.07) is 13.2. The number of benzene rings is 2. The van der Waals surface area contributed by atoms with Crippen LogP contribution in [0.1, 0.15) is 5.56 Å². The maximum Gasteiger partial charge on any atom is 0.238 e. The van der Waals surface area contributed by atoms with Crippen LogP contribution in [0.3, 0.4) is 0 Å². The minimum Gasteiger partial charge on any atom is -0.399 e. The number of likely N-dealkylation sites (N-methyl/N-ethyl adjacent to an activating group) is 1. The van der Waals surface area contributed by atoms with Crippen molar-refractivity contribution in [1.29, 1.82) is 0 Å². The molecule has 2 aromatic carbocycles. The highest BCUT2D eigenvalue weighted by Gasteiger charge is 2.07. The summed E-state index contributed by atoms with van der Waals surface area (Å²) >= 11 is 0. The van der Waals surface area contributed by atoms with E-state index < -0.39 is 0 Å². The third kappa shape index (κ3) is 4.89. The second-order valence-corrected chi connectivity index (χ2v) is 4.97. The fourth-order valence-corrected chi connectivity index (χ4v) is 1.97. The van der Waals surface area contributed by atoms with Gasteiger partial charge in [0, 0.05) is 17.9 Å². The Morgan fingerprint density at radius 1 is 1.14 bits per heavy atom. The van der Waals surface area contributed by atoms with Crippen LogP contribution in [-0.4, -0.2) is 24.4 Å². The van der Waals surface area contributed by atoms with Crippen LogP contribution < -0.4 is 11.1 Å². The third-order valence-electron chi connectivity index (χ3n) is 2.97. The number of carbonyl (C=O) groups is 1. The van der Waals surface area contributed by atoms with E-state index >= 15 is 0 Å². The van der Waals surface area contributed by atoms with Crippen molar-refractivity contribution >= 4 is 17.3 Å². The average molecular weight is 287 g/mol. The van der Waals surface area contributed by atoms with Gasteiger partial charge >= 0.3 is 0 Å². The Kier molecular flexibility index (Phi) is 4.90. The van der Waals surface area contributed by atoms with Gasteiger partial charge in [-0.1, -0.05) is 12.1 Å². The van der Waals surface area contributed by atoms with E-state index in [1.165, 1.54) is 12.1 Å². The minimum absolute atomic E-state index is 0.107. The van der Waals surface area contributed by atoms with Crippen LogP contribution >= 0.6 is 0 Å². The molecule has 0 unspecified atom stereocenters. The van der Waals surface area contributed by atoms with Crippen LogP contribution in [0.2, 0.25) is 0 Å². The summed E-state index contributed by atoms with van der Waals surface area (Å²) in [7, 11) is 1.84. The lowest BCUT2D eigenvalue weighted by molar-refractivity contribution is -0.117. The van der Waals surface area contributed by atoms with Crippen molar-refractivity contribution < 1.29 is 9.18 Å². The van der Waals surface area contributed by atoms with E-state index in [2.05, 4.69) is 5.32 Å². The number of hydrogen-bond acceptors (Lipinski definition) is 3. The molecule has 0 saturated heterocycles. The summed E-state index contributed by atoms with van der Waals surface area (Å²) in [6.07, 6.45) is 0. The second kappa shape index (κ2) is 6.85. The maximum absolute atomic E-state index is 12.8. The standard InChI is InChI=1S/C16H18FN3O/c1-20(10-12-2-4-13(17)5-3-12)11-16(21)19-15-8-6-14(18)7-9-15/h2-9H,10-11,18H2,1H3,(H,19,21). The number of carbonyl (C=O) groups excluding carboxylic acids is 1. The Morgan fingerprint density at radius 2 is 1.76 bits per heavy atom. The Morgan fingerprint density at radius 3 is 2.38 bits per heavy atom. The molecule has 3 N–H and O–H groups in total. The molecule has 0 aromatic heterocycles. The third-order valence-corrected chi connectivity index (χ3v) is 2.97. The molecule has 0 heterocycles. The molecule has 0 saturated carbocycles. The summed E-state index contributed by atoms with van der Waals surface area (Å²) in [5, 5.41) is 2.80. The van der Waals surface area contributed by atoms with E-state index in [9.17, 15) is 9.18 Å². The summed E-state index contributed by atoms with van der Waals surface area (Å²) in [6.45, 7) is 0.831. The van der Waals surface area contributed by atoms with Gasteiger partial charge in [-0.2, -0.15) is 0 Å². The van der Waals surface area contributed by atoms with Crippen molar-refractivity contribution in [3.63, 3.8) is 0 Å². The highest BCUT2D eigenvalue weighted by molar-refractivity contribution is 5.92. The van der Waals surface area contributed by atoms with E-state index in [-0.39, 0.29) is 18.3 Å². The first-order chi connectivity index (χ1) is 10.0. The Bertz CT molecular complexity index is 596. The van der Waals surface area contributed by atoms with E-state index in [4.69, 9.17) is 5.73 Å². The first kappa shape index (κ1) is 15.0. The molecule has 5 heteroatoms. The van der Waals surface area contributed by atoms with E-state index in [0.29, 0.717) is 17.9 Å². The van der Waals surface area contributed by atoms with Crippen molar-refractivity contribution in [2.45, 2.75) is 6.54 Å². The maximum atomic E-state index is 12.8. The topological polar surface area (TPSA) is 58.4 Å². The molecular weight excluding hydrogens is 269 g/mol. The molecule has 21 heavy (non-hydrogen) atoms. The number of halogens is 1. The zero-order valence-electron chi connectivity index (χ0n) is 11.8. The number of anilines is 2. The van der Waals surface area contributed by atoms with Crippen molar-refractivity contribution in [2.75, 3.05) is 24.6 Å². The Hall–Kier alpha value is -2.40. The minimum atomic E-state index is -0.262. The van der Waals surface area contributed by atoms with Gasteiger partial charge in [0.1, 0.15) is 5.82 Å². The fraction of sp³-hybridized carbons (Fsp3) is 0.188. The summed E-state index contributed by atoms with van der Waals surface area (Å²) in [5.74, 6) is -0.369. The molecule has 1 amide bonds. The molecule has 2 rings (SSSR count). The monoisotopic (exact) mass is 287 g/mol. The zero-order chi connectivity index (χ0) is 15.2. The fourth-order valence-electron chi connectivity index (χ4n) is 1.97. The van der Waals surface area contributed by atoms with Gasteiger partial charge in [0.05, 0.1) is 6.54 Å². The quantitative estimate of drug-likeness (QED) is 0.831. The number of nitrogens with two attached hydrogens (primary N) is 1.